The molecule has 0 saturated heterocycles. The Balaban J connectivity index is 2.03. The molecule has 3 heterocycles. The number of hydrogen-bond acceptors (Lipinski definition) is 7. The fraction of sp³-hybridized carbons (Fsp3) is 0.353. The van der Waals surface area contributed by atoms with E-state index >= 15 is 0 Å². The highest BCUT2D eigenvalue weighted by molar-refractivity contribution is 7.46. The predicted octanol–water partition coefficient (Wildman–Crippen LogP) is 2.39. The molecule has 3 aromatic rings. The molecule has 3 aromatic heterocycles. The Labute approximate surface area is 171 Å². The van der Waals surface area contributed by atoms with Gasteiger partial charge in [-0.2, -0.15) is 4.98 Å². The second kappa shape index (κ2) is 8.25. The number of phosphoric acid groups is 1. The molecule has 0 aliphatic carbocycles. The average Bonchev–Trinajstić information content (AvgIpc) is 2.94. The third kappa shape index (κ3) is 4.68. The van der Waals surface area contributed by atoms with Crippen LogP contribution in [-0.4, -0.2) is 43.0 Å². The van der Waals surface area contributed by atoms with E-state index in [1.807, 2.05) is 18.4 Å². The minimum atomic E-state index is -4.57. The number of halogens is 1. The van der Waals surface area contributed by atoms with Crippen LogP contribution in [-0.2, 0) is 22.1 Å². The molecule has 0 unspecified atom stereocenters. The molecule has 29 heavy (non-hydrogen) atoms. The third-order valence-electron chi connectivity index (χ3n) is 4.47. The van der Waals surface area contributed by atoms with Crippen LogP contribution in [0.5, 0.6) is 5.75 Å². The molecule has 3 rings (SSSR count). The van der Waals surface area contributed by atoms with Crippen LogP contribution in [0.2, 0.25) is 5.15 Å². The van der Waals surface area contributed by atoms with Gasteiger partial charge in [-0.3, -0.25) is 9.51 Å². The molecule has 0 bridgehead atoms. The summed E-state index contributed by atoms with van der Waals surface area (Å²) in [5, 5.41) is 0.704. The van der Waals surface area contributed by atoms with Crippen LogP contribution in [0.4, 0.5) is 5.95 Å². The summed E-state index contributed by atoms with van der Waals surface area (Å²) in [5.41, 5.74) is 9.53. The second-order valence-electron chi connectivity index (χ2n) is 6.47. The minimum absolute atomic E-state index is 0.0195. The SMILES string of the molecule is COc1c(C)cnc(Cn2cc(CCOP(=O)(O)O)c3c(Cl)nc(N)nc32)c1C. The highest BCUT2D eigenvalue weighted by atomic mass is 35.5. The zero-order chi connectivity index (χ0) is 21.3. The standard InChI is InChI=1S/C17H21ClN5O5P/c1-9-6-20-12(10(2)14(9)27-3)8-23-7-11(4-5-28-29(24,25)26)13-15(18)21-17(19)22-16(13)23/h6-7H,4-5,8H2,1-3H3,(H2,19,21,22)(H2,24,25,26). The molecule has 0 aliphatic heterocycles. The summed E-state index contributed by atoms with van der Waals surface area (Å²) in [7, 11) is -2.96. The summed E-state index contributed by atoms with van der Waals surface area (Å²) in [6, 6.07) is 0. The summed E-state index contributed by atoms with van der Waals surface area (Å²) >= 11 is 6.28. The molecule has 10 nitrogen and oxygen atoms in total. The number of fused-ring (bicyclic) bond motifs is 1. The zero-order valence-electron chi connectivity index (χ0n) is 16.1. The molecule has 0 atom stereocenters. The highest BCUT2D eigenvalue weighted by Gasteiger charge is 2.19. The number of rotatable bonds is 7. The molecular weight excluding hydrogens is 421 g/mol. The molecule has 0 aromatic carbocycles. The number of nitrogen functional groups attached to an aromatic ring is 1. The van der Waals surface area contributed by atoms with Gasteiger partial charge in [0.15, 0.2) is 0 Å². The molecule has 156 valence electrons. The number of ether oxygens (including phenoxy) is 1. The minimum Gasteiger partial charge on any atom is -0.496 e. The highest BCUT2D eigenvalue weighted by Crippen LogP contribution is 2.36. The number of phosphoric ester groups is 1. The van der Waals surface area contributed by atoms with Crippen LogP contribution in [0.3, 0.4) is 0 Å². The van der Waals surface area contributed by atoms with E-state index in [0.717, 1.165) is 22.6 Å². The van der Waals surface area contributed by atoms with E-state index in [-0.39, 0.29) is 24.1 Å². The van der Waals surface area contributed by atoms with Gasteiger partial charge in [-0.25, -0.2) is 9.55 Å². The molecule has 0 fully saturated rings. The average molecular weight is 442 g/mol. The molecule has 0 amide bonds. The Morgan fingerprint density at radius 2 is 2.03 bits per heavy atom. The Bertz CT molecular complexity index is 1110. The Hall–Kier alpha value is -2.23. The van der Waals surface area contributed by atoms with E-state index in [0.29, 0.717) is 23.1 Å². The molecule has 0 spiro atoms. The lowest BCUT2D eigenvalue weighted by atomic mass is 10.1. The Kier molecular flexibility index (Phi) is 6.11. The van der Waals surface area contributed by atoms with Crippen LogP contribution in [0, 0.1) is 13.8 Å². The molecule has 12 heteroatoms. The maximum atomic E-state index is 10.9. The fourth-order valence-electron chi connectivity index (χ4n) is 3.21. The first-order valence-corrected chi connectivity index (χ1v) is 10.5. The van der Waals surface area contributed by atoms with Gasteiger partial charge in [-0.05, 0) is 25.8 Å². The number of pyridine rings is 1. The lowest BCUT2D eigenvalue weighted by molar-refractivity contribution is 0.199. The van der Waals surface area contributed by atoms with Crippen molar-refractivity contribution in [1.29, 1.82) is 0 Å². The summed E-state index contributed by atoms with van der Waals surface area (Å²) in [4.78, 5) is 30.6. The largest absolute Gasteiger partial charge is 0.496 e. The van der Waals surface area contributed by atoms with E-state index in [1.54, 1.807) is 19.5 Å². The van der Waals surface area contributed by atoms with Crippen molar-refractivity contribution in [3.63, 3.8) is 0 Å². The zero-order valence-corrected chi connectivity index (χ0v) is 17.7. The van der Waals surface area contributed by atoms with E-state index in [1.165, 1.54) is 0 Å². The summed E-state index contributed by atoms with van der Waals surface area (Å²) in [6.07, 6.45) is 3.71. The van der Waals surface area contributed by atoms with Gasteiger partial charge in [0, 0.05) is 23.5 Å². The summed E-state index contributed by atoms with van der Waals surface area (Å²) in [6.45, 7) is 4.01. The van der Waals surface area contributed by atoms with Crippen molar-refractivity contribution >= 4 is 36.4 Å². The van der Waals surface area contributed by atoms with Crippen molar-refractivity contribution in [3.05, 3.63) is 39.9 Å². The summed E-state index contributed by atoms with van der Waals surface area (Å²) in [5.74, 6) is 0.778. The third-order valence-corrected chi connectivity index (χ3v) is 5.26. The Morgan fingerprint density at radius 3 is 2.69 bits per heavy atom. The number of aromatic nitrogens is 4. The van der Waals surface area contributed by atoms with Crippen LogP contribution in [0.15, 0.2) is 12.4 Å². The van der Waals surface area contributed by atoms with E-state index in [4.69, 9.17) is 31.9 Å². The normalized spacial score (nSPS) is 11.9. The van der Waals surface area contributed by atoms with Gasteiger partial charge in [0.1, 0.15) is 16.5 Å². The van der Waals surface area contributed by atoms with Crippen LogP contribution in [0.1, 0.15) is 22.4 Å². The first kappa shape index (κ1) is 21.5. The topological polar surface area (TPSA) is 146 Å². The molecule has 0 saturated carbocycles. The van der Waals surface area contributed by atoms with Crippen molar-refractivity contribution in [2.24, 2.45) is 0 Å². The van der Waals surface area contributed by atoms with Crippen molar-refractivity contribution in [3.8, 4) is 5.75 Å². The quantitative estimate of drug-likeness (QED) is 0.371. The van der Waals surface area contributed by atoms with Crippen molar-refractivity contribution in [2.75, 3.05) is 19.5 Å². The van der Waals surface area contributed by atoms with Crippen LogP contribution in [0.25, 0.3) is 11.0 Å². The van der Waals surface area contributed by atoms with Crippen LogP contribution >= 0.6 is 19.4 Å². The van der Waals surface area contributed by atoms with Gasteiger partial charge in [-0.1, -0.05) is 11.6 Å². The number of methoxy groups -OCH3 is 1. The lowest BCUT2D eigenvalue weighted by Crippen LogP contribution is -2.07. The van der Waals surface area contributed by atoms with E-state index < -0.39 is 7.82 Å². The van der Waals surface area contributed by atoms with Crippen LogP contribution < -0.4 is 10.5 Å². The first-order valence-electron chi connectivity index (χ1n) is 8.60. The van der Waals surface area contributed by atoms with Gasteiger partial charge < -0.3 is 24.8 Å². The number of anilines is 1. The number of hydrogen-bond donors (Lipinski definition) is 3. The monoisotopic (exact) mass is 441 g/mol. The Morgan fingerprint density at radius 1 is 1.31 bits per heavy atom. The maximum Gasteiger partial charge on any atom is 0.469 e. The summed E-state index contributed by atoms with van der Waals surface area (Å²) < 4.78 is 22.8. The first-order chi connectivity index (χ1) is 13.6. The molecule has 4 N–H and O–H groups in total. The van der Waals surface area contributed by atoms with Crippen molar-refractivity contribution in [1.82, 2.24) is 19.5 Å². The van der Waals surface area contributed by atoms with Gasteiger partial charge in [0.05, 0.1) is 31.3 Å². The van der Waals surface area contributed by atoms with E-state index in [2.05, 4.69) is 19.5 Å². The number of nitrogens with zero attached hydrogens (tertiary/aromatic N) is 4. The van der Waals surface area contributed by atoms with Gasteiger partial charge in [0.25, 0.3) is 0 Å². The van der Waals surface area contributed by atoms with Crippen molar-refractivity contribution < 1.29 is 23.6 Å². The molecule has 0 aliphatic rings. The van der Waals surface area contributed by atoms with E-state index in [9.17, 15) is 4.57 Å². The van der Waals surface area contributed by atoms with Gasteiger partial charge in [-0.15, -0.1) is 0 Å². The number of aryl methyl sites for hydroxylation is 1. The lowest BCUT2D eigenvalue weighted by Gasteiger charge is -2.13. The fourth-order valence-corrected chi connectivity index (χ4v) is 3.83. The molecular formula is C17H21ClN5O5P. The maximum absolute atomic E-state index is 10.9. The van der Waals surface area contributed by atoms with Crippen molar-refractivity contribution in [2.45, 2.75) is 26.8 Å². The van der Waals surface area contributed by atoms with Gasteiger partial charge >= 0.3 is 7.82 Å². The van der Waals surface area contributed by atoms with Gasteiger partial charge in [0.2, 0.25) is 5.95 Å². The smallest absolute Gasteiger partial charge is 0.469 e. The molecule has 0 radical (unpaired) electrons. The predicted molar refractivity (Wildman–Crippen MR) is 108 cm³/mol. The number of nitrogens with two attached hydrogens (primary N) is 1. The second-order valence-corrected chi connectivity index (χ2v) is 8.07.